The van der Waals surface area contributed by atoms with Crippen LogP contribution in [0.4, 0.5) is 0 Å². The normalized spacial score (nSPS) is 11.7. The number of hydrogen-bond acceptors (Lipinski definition) is 0. The standard InChI is InChI=1S/C21H25N/c1-15(2)18-12-20(16(3)4)19-10-11-22(21(19)13-18)14-17-8-6-5-7-9-17/h5-13,15-16H,14H2,1-4H3. The summed E-state index contributed by atoms with van der Waals surface area (Å²) in [6.45, 7) is 10.1. The predicted octanol–water partition coefficient (Wildman–Crippen LogP) is 5.94. The van der Waals surface area contributed by atoms with Gasteiger partial charge in [-0.2, -0.15) is 0 Å². The summed E-state index contributed by atoms with van der Waals surface area (Å²) in [5.74, 6) is 1.11. The lowest BCUT2D eigenvalue weighted by molar-refractivity contribution is 0.822. The summed E-state index contributed by atoms with van der Waals surface area (Å²) in [7, 11) is 0. The van der Waals surface area contributed by atoms with Gasteiger partial charge in [0.1, 0.15) is 0 Å². The molecule has 2 aromatic carbocycles. The molecule has 3 rings (SSSR count). The first kappa shape index (κ1) is 14.9. The van der Waals surface area contributed by atoms with E-state index >= 15 is 0 Å². The zero-order chi connectivity index (χ0) is 15.7. The zero-order valence-electron chi connectivity index (χ0n) is 14.0. The second kappa shape index (κ2) is 6.00. The number of benzene rings is 2. The molecule has 114 valence electrons. The summed E-state index contributed by atoms with van der Waals surface area (Å²) in [5.41, 5.74) is 5.61. The first-order chi connectivity index (χ1) is 10.6. The van der Waals surface area contributed by atoms with E-state index < -0.39 is 0 Å². The molecule has 0 spiro atoms. The number of fused-ring (bicyclic) bond motifs is 1. The average molecular weight is 291 g/mol. The van der Waals surface area contributed by atoms with Crippen LogP contribution in [0.1, 0.15) is 56.2 Å². The van der Waals surface area contributed by atoms with Crippen molar-refractivity contribution in [2.75, 3.05) is 0 Å². The van der Waals surface area contributed by atoms with Crippen LogP contribution in [0.2, 0.25) is 0 Å². The number of hydrogen-bond donors (Lipinski definition) is 0. The molecule has 0 amide bonds. The summed E-state index contributed by atoms with van der Waals surface area (Å²) in [5, 5.41) is 1.40. The highest BCUT2D eigenvalue weighted by atomic mass is 14.9. The van der Waals surface area contributed by atoms with E-state index in [1.165, 1.54) is 27.6 Å². The van der Waals surface area contributed by atoms with Gasteiger partial charge < -0.3 is 4.57 Å². The Kier molecular flexibility index (Phi) is 4.06. The summed E-state index contributed by atoms with van der Waals surface area (Å²) in [4.78, 5) is 0. The molecule has 0 N–H and O–H groups in total. The van der Waals surface area contributed by atoms with Crippen LogP contribution in [-0.2, 0) is 6.54 Å². The van der Waals surface area contributed by atoms with Crippen molar-refractivity contribution in [2.24, 2.45) is 0 Å². The van der Waals surface area contributed by atoms with Gasteiger partial charge in [-0.05, 0) is 40.7 Å². The second-order valence-electron chi connectivity index (χ2n) is 6.78. The molecule has 0 unspecified atom stereocenters. The second-order valence-corrected chi connectivity index (χ2v) is 6.78. The van der Waals surface area contributed by atoms with Crippen molar-refractivity contribution in [3.05, 3.63) is 71.4 Å². The van der Waals surface area contributed by atoms with Gasteiger partial charge in [0.05, 0.1) is 0 Å². The lowest BCUT2D eigenvalue weighted by Gasteiger charge is -2.15. The summed E-state index contributed by atoms with van der Waals surface area (Å²) in [6.07, 6.45) is 2.23. The van der Waals surface area contributed by atoms with Crippen LogP contribution in [0.3, 0.4) is 0 Å². The monoisotopic (exact) mass is 291 g/mol. The molecule has 0 aliphatic heterocycles. The molecule has 3 aromatic rings. The SMILES string of the molecule is CC(C)c1cc(C(C)C)c2ccn(Cc3ccccc3)c2c1. The molecule has 0 atom stereocenters. The Balaban J connectivity index is 2.12. The van der Waals surface area contributed by atoms with Crippen LogP contribution >= 0.6 is 0 Å². The van der Waals surface area contributed by atoms with Crippen LogP contribution in [0.15, 0.2) is 54.7 Å². The van der Waals surface area contributed by atoms with E-state index in [9.17, 15) is 0 Å². The topological polar surface area (TPSA) is 4.93 Å². The summed E-state index contributed by atoms with van der Waals surface area (Å²) >= 11 is 0. The maximum Gasteiger partial charge on any atom is 0.0489 e. The van der Waals surface area contributed by atoms with Crippen LogP contribution in [-0.4, -0.2) is 4.57 Å². The van der Waals surface area contributed by atoms with Crippen molar-refractivity contribution in [3.8, 4) is 0 Å². The maximum absolute atomic E-state index is 2.39. The molecule has 0 radical (unpaired) electrons. The largest absolute Gasteiger partial charge is 0.343 e. The Hall–Kier alpha value is -2.02. The molecule has 0 aliphatic rings. The lowest BCUT2D eigenvalue weighted by Crippen LogP contribution is -2.00. The molecule has 1 heterocycles. The third-order valence-corrected chi connectivity index (χ3v) is 4.43. The summed E-state index contributed by atoms with van der Waals surface area (Å²) < 4.78 is 2.38. The fraction of sp³-hybridized carbons (Fsp3) is 0.333. The van der Waals surface area contributed by atoms with Crippen molar-refractivity contribution < 1.29 is 0 Å². The highest BCUT2D eigenvalue weighted by molar-refractivity contribution is 5.85. The molecule has 0 saturated carbocycles. The van der Waals surface area contributed by atoms with E-state index in [1.807, 2.05) is 0 Å². The van der Waals surface area contributed by atoms with Gasteiger partial charge in [0.2, 0.25) is 0 Å². The van der Waals surface area contributed by atoms with Gasteiger partial charge in [-0.25, -0.2) is 0 Å². The van der Waals surface area contributed by atoms with Crippen molar-refractivity contribution in [1.82, 2.24) is 4.57 Å². The fourth-order valence-electron chi connectivity index (χ4n) is 3.08. The third kappa shape index (κ3) is 2.81. The molecule has 1 heteroatoms. The van der Waals surface area contributed by atoms with E-state index in [0.29, 0.717) is 11.8 Å². The molecule has 1 nitrogen and oxygen atoms in total. The Bertz CT molecular complexity index is 763. The van der Waals surface area contributed by atoms with E-state index in [1.54, 1.807) is 0 Å². The minimum atomic E-state index is 0.550. The van der Waals surface area contributed by atoms with Gasteiger partial charge in [0.25, 0.3) is 0 Å². The first-order valence-electron chi connectivity index (χ1n) is 8.23. The molecule has 0 fully saturated rings. The number of rotatable bonds is 4. The molecule has 0 aliphatic carbocycles. The highest BCUT2D eigenvalue weighted by Gasteiger charge is 2.12. The van der Waals surface area contributed by atoms with E-state index in [2.05, 4.69) is 87.0 Å². The smallest absolute Gasteiger partial charge is 0.0489 e. The van der Waals surface area contributed by atoms with E-state index in [-0.39, 0.29) is 0 Å². The van der Waals surface area contributed by atoms with Gasteiger partial charge in [0.15, 0.2) is 0 Å². The van der Waals surface area contributed by atoms with Crippen LogP contribution in [0.25, 0.3) is 10.9 Å². The Morgan fingerprint density at radius 2 is 1.59 bits per heavy atom. The predicted molar refractivity (Wildman–Crippen MR) is 95.7 cm³/mol. The molecule has 0 bridgehead atoms. The van der Waals surface area contributed by atoms with Gasteiger partial charge >= 0.3 is 0 Å². The minimum Gasteiger partial charge on any atom is -0.343 e. The molecule has 1 aromatic heterocycles. The number of nitrogens with zero attached hydrogens (tertiary/aromatic N) is 1. The van der Waals surface area contributed by atoms with Gasteiger partial charge in [-0.3, -0.25) is 0 Å². The Morgan fingerprint density at radius 3 is 2.23 bits per heavy atom. The molecular formula is C21H25N. The third-order valence-electron chi connectivity index (χ3n) is 4.43. The molecule has 0 saturated heterocycles. The van der Waals surface area contributed by atoms with E-state index in [0.717, 1.165) is 6.54 Å². The Labute approximate surface area is 133 Å². The number of aromatic nitrogens is 1. The van der Waals surface area contributed by atoms with Crippen LogP contribution in [0, 0.1) is 0 Å². The minimum absolute atomic E-state index is 0.550. The fourth-order valence-corrected chi connectivity index (χ4v) is 3.08. The average Bonchev–Trinajstić information content (AvgIpc) is 2.90. The quantitative estimate of drug-likeness (QED) is 0.561. The van der Waals surface area contributed by atoms with Crippen molar-refractivity contribution in [3.63, 3.8) is 0 Å². The molecule has 22 heavy (non-hydrogen) atoms. The highest BCUT2D eigenvalue weighted by Crippen LogP contribution is 2.31. The van der Waals surface area contributed by atoms with Crippen molar-refractivity contribution in [2.45, 2.75) is 46.1 Å². The first-order valence-corrected chi connectivity index (χ1v) is 8.23. The van der Waals surface area contributed by atoms with Gasteiger partial charge in [-0.15, -0.1) is 0 Å². The van der Waals surface area contributed by atoms with Crippen LogP contribution < -0.4 is 0 Å². The maximum atomic E-state index is 2.39. The van der Waals surface area contributed by atoms with Crippen molar-refractivity contribution >= 4 is 10.9 Å². The van der Waals surface area contributed by atoms with Gasteiger partial charge in [0, 0.05) is 23.6 Å². The van der Waals surface area contributed by atoms with Crippen molar-refractivity contribution in [1.29, 1.82) is 0 Å². The Morgan fingerprint density at radius 1 is 0.864 bits per heavy atom. The summed E-state index contributed by atoms with van der Waals surface area (Å²) in [6, 6.07) is 17.7. The van der Waals surface area contributed by atoms with Crippen LogP contribution in [0.5, 0.6) is 0 Å². The lowest BCUT2D eigenvalue weighted by atomic mass is 9.93. The zero-order valence-corrected chi connectivity index (χ0v) is 14.0. The van der Waals surface area contributed by atoms with Gasteiger partial charge in [-0.1, -0.05) is 64.1 Å². The molecular weight excluding hydrogens is 266 g/mol. The van der Waals surface area contributed by atoms with E-state index in [4.69, 9.17) is 0 Å².